The summed E-state index contributed by atoms with van der Waals surface area (Å²) in [5.74, 6) is 2.52. The molecule has 0 spiro atoms. The van der Waals surface area contributed by atoms with E-state index in [0.717, 1.165) is 62.8 Å². The summed E-state index contributed by atoms with van der Waals surface area (Å²) in [7, 11) is 0. The molecule has 1 aromatic carbocycles. The number of nitrogens with one attached hydrogen (secondary N) is 1. The molecule has 8 heteroatoms. The van der Waals surface area contributed by atoms with Crippen LogP contribution in [0.3, 0.4) is 0 Å². The van der Waals surface area contributed by atoms with Crippen LogP contribution in [0.2, 0.25) is 5.02 Å². The molecule has 1 N–H and O–H groups in total. The highest BCUT2D eigenvalue weighted by molar-refractivity contribution is 6.30. The highest BCUT2D eigenvalue weighted by Gasteiger charge is 2.30. The molecule has 146 valence electrons. The molecule has 0 aliphatic carbocycles. The number of carbonyl (C=O) groups excluding carboxylic acids is 1. The third-order valence-corrected chi connectivity index (χ3v) is 5.78. The minimum absolute atomic E-state index is 0. The smallest absolute Gasteiger partial charge is 0.229 e. The van der Waals surface area contributed by atoms with Crippen LogP contribution in [0.5, 0.6) is 0 Å². The maximum Gasteiger partial charge on any atom is 0.229 e. The van der Waals surface area contributed by atoms with Crippen molar-refractivity contribution >= 4 is 29.9 Å². The van der Waals surface area contributed by atoms with Crippen LogP contribution in [0.25, 0.3) is 0 Å². The van der Waals surface area contributed by atoms with Crippen LogP contribution in [-0.2, 0) is 17.9 Å². The molecule has 0 radical (unpaired) electrons. The van der Waals surface area contributed by atoms with Crippen molar-refractivity contribution in [1.82, 2.24) is 25.0 Å². The number of rotatable bonds is 3. The first-order valence-electron chi connectivity index (χ1n) is 9.30. The molecule has 1 atom stereocenters. The Bertz CT molecular complexity index is 801. The van der Waals surface area contributed by atoms with E-state index < -0.39 is 0 Å². The van der Waals surface area contributed by atoms with Crippen LogP contribution in [0.15, 0.2) is 24.3 Å². The Morgan fingerprint density at radius 3 is 2.78 bits per heavy atom. The van der Waals surface area contributed by atoms with Gasteiger partial charge in [0.1, 0.15) is 11.6 Å². The maximum absolute atomic E-state index is 12.9. The Balaban J connectivity index is 0.00000210. The van der Waals surface area contributed by atoms with Crippen LogP contribution in [0.1, 0.15) is 48.8 Å². The van der Waals surface area contributed by atoms with E-state index >= 15 is 0 Å². The van der Waals surface area contributed by atoms with Crippen molar-refractivity contribution in [3.05, 3.63) is 46.5 Å². The third kappa shape index (κ3) is 4.13. The Morgan fingerprint density at radius 2 is 2.04 bits per heavy atom. The summed E-state index contributed by atoms with van der Waals surface area (Å²) in [5.41, 5.74) is 0.976. The average Bonchev–Trinajstić information content (AvgIpc) is 3.11. The number of fused-ring (bicyclic) bond motifs is 1. The number of hydrogen-bond donors (Lipinski definition) is 1. The van der Waals surface area contributed by atoms with Gasteiger partial charge < -0.3 is 14.8 Å². The zero-order valence-corrected chi connectivity index (χ0v) is 17.0. The molecule has 1 fully saturated rings. The summed E-state index contributed by atoms with van der Waals surface area (Å²) in [4.78, 5) is 14.9. The van der Waals surface area contributed by atoms with Crippen molar-refractivity contribution in [1.29, 1.82) is 0 Å². The molecule has 1 amide bonds. The molecule has 1 saturated heterocycles. The second-order valence-electron chi connectivity index (χ2n) is 7.18. The van der Waals surface area contributed by atoms with Gasteiger partial charge in [-0.3, -0.25) is 4.79 Å². The molecule has 6 nitrogen and oxygen atoms in total. The van der Waals surface area contributed by atoms with Crippen molar-refractivity contribution in [3.63, 3.8) is 0 Å². The highest BCUT2D eigenvalue weighted by Crippen LogP contribution is 2.30. The average molecular weight is 410 g/mol. The topological polar surface area (TPSA) is 63.1 Å². The summed E-state index contributed by atoms with van der Waals surface area (Å²) in [6.45, 7) is 6.20. The SMILES string of the molecule is CC(C(=O)N1CCC(c2nnc3n2CCNC3)CC1)c1cccc(Cl)c1.Cl. The molecule has 1 unspecified atom stereocenters. The fourth-order valence-corrected chi connectivity index (χ4v) is 4.17. The zero-order valence-electron chi connectivity index (χ0n) is 15.4. The first-order chi connectivity index (χ1) is 12.6. The Labute approximate surface area is 170 Å². The molecule has 3 heterocycles. The number of benzene rings is 1. The van der Waals surface area contributed by atoms with Gasteiger partial charge in [0.2, 0.25) is 5.91 Å². The summed E-state index contributed by atoms with van der Waals surface area (Å²) < 4.78 is 2.26. The van der Waals surface area contributed by atoms with E-state index in [2.05, 4.69) is 20.1 Å². The predicted molar refractivity (Wildman–Crippen MR) is 107 cm³/mol. The number of aromatic nitrogens is 3. The number of likely N-dealkylation sites (tertiary alicyclic amines) is 1. The molecule has 1 aromatic heterocycles. The van der Waals surface area contributed by atoms with Gasteiger partial charge in [0.25, 0.3) is 0 Å². The quantitative estimate of drug-likeness (QED) is 0.845. The van der Waals surface area contributed by atoms with Crippen LogP contribution in [-0.4, -0.2) is 45.2 Å². The number of amides is 1. The van der Waals surface area contributed by atoms with E-state index in [1.54, 1.807) is 0 Å². The number of nitrogens with zero attached hydrogens (tertiary/aromatic N) is 4. The summed E-state index contributed by atoms with van der Waals surface area (Å²) in [6.07, 6.45) is 1.89. The molecule has 2 aliphatic rings. The van der Waals surface area contributed by atoms with Crippen molar-refractivity contribution in [2.45, 2.75) is 44.7 Å². The minimum Gasteiger partial charge on any atom is -0.342 e. The van der Waals surface area contributed by atoms with E-state index in [1.807, 2.05) is 36.1 Å². The Hall–Kier alpha value is -1.63. The minimum atomic E-state index is -0.169. The number of piperidine rings is 1. The first kappa shape index (κ1) is 20.1. The van der Waals surface area contributed by atoms with Crippen molar-refractivity contribution in [3.8, 4) is 0 Å². The molecule has 2 aromatic rings. The lowest BCUT2D eigenvalue weighted by Gasteiger charge is -2.33. The van der Waals surface area contributed by atoms with Gasteiger partial charge in [0, 0.05) is 37.1 Å². The zero-order chi connectivity index (χ0) is 18.1. The van der Waals surface area contributed by atoms with Gasteiger partial charge in [-0.1, -0.05) is 23.7 Å². The lowest BCUT2D eigenvalue weighted by atomic mass is 9.93. The highest BCUT2D eigenvalue weighted by atomic mass is 35.5. The number of carbonyl (C=O) groups is 1. The van der Waals surface area contributed by atoms with Gasteiger partial charge >= 0.3 is 0 Å². The Morgan fingerprint density at radius 1 is 1.26 bits per heavy atom. The lowest BCUT2D eigenvalue weighted by Crippen LogP contribution is -2.40. The number of hydrogen-bond acceptors (Lipinski definition) is 4. The molecular formula is C19H25Cl2N5O. The van der Waals surface area contributed by atoms with Crippen LogP contribution in [0.4, 0.5) is 0 Å². The van der Waals surface area contributed by atoms with Crippen LogP contribution < -0.4 is 5.32 Å². The summed E-state index contributed by atoms with van der Waals surface area (Å²) in [6, 6.07) is 7.59. The molecule has 0 saturated carbocycles. The monoisotopic (exact) mass is 409 g/mol. The van der Waals surface area contributed by atoms with E-state index in [9.17, 15) is 4.79 Å². The molecule has 27 heavy (non-hydrogen) atoms. The second kappa shape index (κ2) is 8.59. The van der Waals surface area contributed by atoms with Gasteiger partial charge in [0.05, 0.1) is 12.5 Å². The van der Waals surface area contributed by atoms with Crippen LogP contribution in [0, 0.1) is 0 Å². The Kier molecular flexibility index (Phi) is 6.40. The maximum atomic E-state index is 12.9. The molecule has 4 rings (SSSR count). The van der Waals surface area contributed by atoms with Gasteiger partial charge in [-0.15, -0.1) is 22.6 Å². The molecular weight excluding hydrogens is 385 g/mol. The van der Waals surface area contributed by atoms with Crippen molar-refractivity contribution in [2.24, 2.45) is 0 Å². The molecule has 2 aliphatic heterocycles. The van der Waals surface area contributed by atoms with E-state index in [4.69, 9.17) is 11.6 Å². The van der Waals surface area contributed by atoms with E-state index in [1.165, 1.54) is 0 Å². The third-order valence-electron chi connectivity index (χ3n) is 5.54. The largest absolute Gasteiger partial charge is 0.342 e. The molecule has 0 bridgehead atoms. The van der Waals surface area contributed by atoms with Crippen molar-refractivity contribution in [2.75, 3.05) is 19.6 Å². The van der Waals surface area contributed by atoms with Gasteiger partial charge in [-0.25, -0.2) is 0 Å². The van der Waals surface area contributed by atoms with Gasteiger partial charge in [-0.05, 0) is 37.5 Å². The lowest BCUT2D eigenvalue weighted by molar-refractivity contribution is -0.133. The predicted octanol–water partition coefficient (Wildman–Crippen LogP) is 2.97. The first-order valence-corrected chi connectivity index (χ1v) is 9.68. The second-order valence-corrected chi connectivity index (χ2v) is 7.62. The standard InChI is InChI=1S/C19H24ClN5O.ClH/c1-13(15-3-2-4-16(20)11-15)19(26)24-8-5-14(6-9-24)18-23-22-17-12-21-7-10-25(17)18;/h2-4,11,13-14,21H,5-10,12H2,1H3;1H. The van der Waals surface area contributed by atoms with E-state index in [0.29, 0.717) is 10.9 Å². The normalized spacial score (nSPS) is 18.5. The summed E-state index contributed by atoms with van der Waals surface area (Å²) in [5, 5.41) is 12.8. The van der Waals surface area contributed by atoms with Gasteiger partial charge in [-0.2, -0.15) is 0 Å². The fraction of sp³-hybridized carbons (Fsp3) is 0.526. The van der Waals surface area contributed by atoms with Crippen LogP contribution >= 0.6 is 24.0 Å². The number of halogens is 2. The fourth-order valence-electron chi connectivity index (χ4n) is 3.97. The van der Waals surface area contributed by atoms with E-state index in [-0.39, 0.29) is 24.2 Å². The van der Waals surface area contributed by atoms with Crippen molar-refractivity contribution < 1.29 is 4.79 Å². The van der Waals surface area contributed by atoms with Gasteiger partial charge in [0.15, 0.2) is 0 Å². The summed E-state index contributed by atoms with van der Waals surface area (Å²) >= 11 is 6.07.